The predicted octanol–water partition coefficient (Wildman–Crippen LogP) is 3.53. The van der Waals surface area contributed by atoms with Crippen molar-refractivity contribution in [3.63, 3.8) is 0 Å². The molecule has 1 atom stereocenters. The molecule has 4 rings (SSSR count). The van der Waals surface area contributed by atoms with Gasteiger partial charge in [0.2, 0.25) is 0 Å². The third-order valence-corrected chi connectivity index (χ3v) is 8.01. The standard InChI is InChI=1S/C25H22FN3O5S/c1-15-6-7-18(14-21(15)26)17-8-10-19(11-9-17)35(33,34)22(25(31)32)12-13-29-24(30)20-5-3-4-16(2)23(20)27-28-29/h3-11,14,22H,12-13H2,1-2H3,(H,31,32). The number of aryl methyl sites for hydroxylation is 3. The Balaban J connectivity index is 1.59. The summed E-state index contributed by atoms with van der Waals surface area (Å²) in [5, 5.41) is 16.1. The van der Waals surface area contributed by atoms with Gasteiger partial charge in [-0.05, 0) is 66.8 Å². The highest BCUT2D eigenvalue weighted by Crippen LogP contribution is 2.26. The molecule has 35 heavy (non-hydrogen) atoms. The summed E-state index contributed by atoms with van der Waals surface area (Å²) in [5.74, 6) is -1.92. The zero-order valence-electron chi connectivity index (χ0n) is 19.0. The van der Waals surface area contributed by atoms with Crippen LogP contribution in [0.15, 0.2) is 70.4 Å². The number of aromatic nitrogens is 3. The highest BCUT2D eigenvalue weighted by atomic mass is 32.2. The lowest BCUT2D eigenvalue weighted by Crippen LogP contribution is -2.34. The van der Waals surface area contributed by atoms with Crippen LogP contribution in [0.4, 0.5) is 4.39 Å². The molecule has 1 aromatic heterocycles. The largest absolute Gasteiger partial charge is 0.480 e. The zero-order chi connectivity index (χ0) is 25.3. The van der Waals surface area contributed by atoms with Crippen LogP contribution in [-0.2, 0) is 21.2 Å². The summed E-state index contributed by atoms with van der Waals surface area (Å²) >= 11 is 0. The zero-order valence-corrected chi connectivity index (χ0v) is 19.8. The SMILES string of the molecule is Cc1ccc(-c2ccc(S(=O)(=O)C(CCn3nnc4c(C)cccc4c3=O)C(=O)O)cc2)cc1F. The van der Waals surface area contributed by atoms with Gasteiger partial charge in [0.05, 0.1) is 10.3 Å². The Morgan fingerprint density at radius 2 is 1.71 bits per heavy atom. The maximum atomic E-state index is 13.9. The molecule has 180 valence electrons. The molecule has 10 heteroatoms. The molecule has 1 N–H and O–H groups in total. The summed E-state index contributed by atoms with van der Waals surface area (Å²) in [6.45, 7) is 3.18. The first-order chi connectivity index (χ1) is 16.6. The Hall–Kier alpha value is -3.92. The Morgan fingerprint density at radius 3 is 2.37 bits per heavy atom. The van der Waals surface area contributed by atoms with Gasteiger partial charge >= 0.3 is 5.97 Å². The summed E-state index contributed by atoms with van der Waals surface area (Å²) in [4.78, 5) is 24.4. The van der Waals surface area contributed by atoms with Crippen molar-refractivity contribution in [3.05, 3.63) is 88.0 Å². The van der Waals surface area contributed by atoms with Crippen LogP contribution in [-0.4, -0.2) is 39.7 Å². The Morgan fingerprint density at radius 1 is 1.03 bits per heavy atom. The molecule has 3 aromatic carbocycles. The van der Waals surface area contributed by atoms with Crippen LogP contribution in [0.1, 0.15) is 17.5 Å². The van der Waals surface area contributed by atoms with E-state index in [9.17, 15) is 27.5 Å². The van der Waals surface area contributed by atoms with E-state index in [1.165, 1.54) is 30.3 Å². The van der Waals surface area contributed by atoms with Gasteiger partial charge < -0.3 is 5.11 Å². The van der Waals surface area contributed by atoms with E-state index in [1.807, 2.05) is 0 Å². The van der Waals surface area contributed by atoms with Gasteiger partial charge in [-0.3, -0.25) is 9.59 Å². The number of hydrogen-bond acceptors (Lipinski definition) is 6. The van der Waals surface area contributed by atoms with Gasteiger partial charge in [-0.2, -0.15) is 0 Å². The summed E-state index contributed by atoms with van der Waals surface area (Å²) in [6, 6.07) is 15.3. The minimum Gasteiger partial charge on any atom is -0.480 e. The lowest BCUT2D eigenvalue weighted by atomic mass is 10.0. The first kappa shape index (κ1) is 24.2. The van der Waals surface area contributed by atoms with Crippen molar-refractivity contribution in [1.82, 2.24) is 15.0 Å². The van der Waals surface area contributed by atoms with E-state index >= 15 is 0 Å². The van der Waals surface area contributed by atoms with Crippen molar-refractivity contribution < 1.29 is 22.7 Å². The molecule has 0 saturated carbocycles. The minimum absolute atomic E-state index is 0.186. The topological polar surface area (TPSA) is 119 Å². The lowest BCUT2D eigenvalue weighted by Gasteiger charge is -2.15. The van der Waals surface area contributed by atoms with E-state index in [1.54, 1.807) is 44.2 Å². The van der Waals surface area contributed by atoms with Gasteiger partial charge in [0.25, 0.3) is 5.56 Å². The molecule has 0 aliphatic rings. The van der Waals surface area contributed by atoms with Crippen molar-refractivity contribution in [2.75, 3.05) is 0 Å². The van der Waals surface area contributed by atoms with Crippen molar-refractivity contribution in [2.45, 2.75) is 37.0 Å². The molecular formula is C25H22FN3O5S. The number of aliphatic carboxylic acids is 1. The van der Waals surface area contributed by atoms with Gasteiger partial charge in [0.1, 0.15) is 11.3 Å². The average Bonchev–Trinajstić information content (AvgIpc) is 2.82. The van der Waals surface area contributed by atoms with Crippen molar-refractivity contribution in [1.29, 1.82) is 0 Å². The molecule has 1 unspecified atom stereocenters. The number of carbonyl (C=O) groups is 1. The monoisotopic (exact) mass is 495 g/mol. The summed E-state index contributed by atoms with van der Waals surface area (Å²) in [6.07, 6.45) is -0.380. The third kappa shape index (κ3) is 4.69. The number of rotatable bonds is 7. The van der Waals surface area contributed by atoms with E-state index in [-0.39, 0.29) is 23.7 Å². The summed E-state index contributed by atoms with van der Waals surface area (Å²) in [5.41, 5.74) is 2.36. The lowest BCUT2D eigenvalue weighted by molar-refractivity contribution is -0.136. The Kier molecular flexibility index (Phi) is 6.49. The van der Waals surface area contributed by atoms with Gasteiger partial charge in [-0.1, -0.05) is 41.6 Å². The van der Waals surface area contributed by atoms with Gasteiger partial charge in [0.15, 0.2) is 15.1 Å². The fourth-order valence-corrected chi connectivity index (χ4v) is 5.34. The van der Waals surface area contributed by atoms with E-state index in [0.29, 0.717) is 27.6 Å². The van der Waals surface area contributed by atoms with Crippen LogP contribution in [0.3, 0.4) is 0 Å². The fraction of sp³-hybridized carbons (Fsp3) is 0.200. The van der Waals surface area contributed by atoms with Crippen molar-refractivity contribution in [3.8, 4) is 11.1 Å². The third-order valence-electron chi connectivity index (χ3n) is 5.90. The number of hydrogen-bond donors (Lipinski definition) is 1. The van der Waals surface area contributed by atoms with Crippen LogP contribution >= 0.6 is 0 Å². The smallest absolute Gasteiger partial charge is 0.322 e. The van der Waals surface area contributed by atoms with Crippen LogP contribution in [0, 0.1) is 19.7 Å². The predicted molar refractivity (Wildman–Crippen MR) is 128 cm³/mol. The molecule has 0 bridgehead atoms. The number of benzene rings is 3. The number of carboxylic acid groups (broad SMARTS) is 1. The highest BCUT2D eigenvalue weighted by molar-refractivity contribution is 7.92. The fourth-order valence-electron chi connectivity index (χ4n) is 3.81. The van der Waals surface area contributed by atoms with Gasteiger partial charge in [-0.25, -0.2) is 17.5 Å². The highest BCUT2D eigenvalue weighted by Gasteiger charge is 2.34. The number of nitrogens with zero attached hydrogens (tertiary/aromatic N) is 3. The molecule has 8 nitrogen and oxygen atoms in total. The molecule has 0 saturated heterocycles. The second-order valence-corrected chi connectivity index (χ2v) is 10.4. The van der Waals surface area contributed by atoms with E-state index in [4.69, 9.17) is 0 Å². The molecule has 0 radical (unpaired) electrons. The quantitative estimate of drug-likeness (QED) is 0.417. The molecule has 0 spiro atoms. The van der Waals surface area contributed by atoms with Crippen LogP contribution in [0.2, 0.25) is 0 Å². The van der Waals surface area contributed by atoms with Crippen LogP contribution in [0.5, 0.6) is 0 Å². The van der Waals surface area contributed by atoms with E-state index in [0.717, 1.165) is 10.2 Å². The summed E-state index contributed by atoms with van der Waals surface area (Å²) in [7, 11) is -4.28. The maximum Gasteiger partial charge on any atom is 0.322 e. The van der Waals surface area contributed by atoms with Gasteiger partial charge in [0, 0.05) is 6.54 Å². The second kappa shape index (κ2) is 9.38. The Bertz CT molecular complexity index is 1600. The van der Waals surface area contributed by atoms with Crippen molar-refractivity contribution in [2.24, 2.45) is 0 Å². The molecule has 0 aliphatic heterocycles. The molecule has 0 fully saturated rings. The molecule has 0 amide bonds. The van der Waals surface area contributed by atoms with Crippen LogP contribution < -0.4 is 5.56 Å². The molecule has 0 aliphatic carbocycles. The second-order valence-electron chi connectivity index (χ2n) is 8.24. The average molecular weight is 496 g/mol. The first-order valence-electron chi connectivity index (χ1n) is 10.8. The van der Waals surface area contributed by atoms with Gasteiger partial charge in [-0.15, -0.1) is 5.10 Å². The minimum atomic E-state index is -4.28. The number of sulfone groups is 1. The number of carboxylic acids is 1. The van der Waals surface area contributed by atoms with E-state index in [2.05, 4.69) is 10.3 Å². The number of fused-ring (bicyclic) bond motifs is 1. The summed E-state index contributed by atoms with van der Waals surface area (Å²) < 4.78 is 41.1. The first-order valence-corrected chi connectivity index (χ1v) is 12.3. The van der Waals surface area contributed by atoms with Crippen LogP contribution in [0.25, 0.3) is 22.0 Å². The molecular weight excluding hydrogens is 473 g/mol. The normalized spacial score (nSPS) is 12.5. The van der Waals surface area contributed by atoms with Crippen molar-refractivity contribution >= 4 is 26.7 Å². The van der Waals surface area contributed by atoms with E-state index < -0.39 is 26.6 Å². The molecule has 4 aromatic rings. The number of halogens is 1. The maximum absolute atomic E-state index is 13.9. The Labute approximate surface area is 200 Å². The molecule has 1 heterocycles.